The van der Waals surface area contributed by atoms with E-state index in [2.05, 4.69) is 10.1 Å². The number of alkyl carbamates (subject to hydrolysis) is 1. The predicted molar refractivity (Wildman–Crippen MR) is 71.0 cm³/mol. The van der Waals surface area contributed by atoms with Crippen LogP contribution in [-0.2, 0) is 11.2 Å². The number of hydrogen-bond donors (Lipinski definition) is 1. The van der Waals surface area contributed by atoms with Crippen LogP contribution in [-0.4, -0.2) is 34.0 Å². The molecule has 1 aliphatic rings. The molecular formula is C14H19NO4. The largest absolute Gasteiger partial charge is 0.493 e. The highest BCUT2D eigenvalue weighted by atomic mass is 16.5. The first-order valence-corrected chi connectivity index (χ1v) is 6.26. The summed E-state index contributed by atoms with van der Waals surface area (Å²) in [6.07, 6.45) is 1.60. The molecule has 1 aliphatic carbocycles. The molecule has 19 heavy (non-hydrogen) atoms. The highest BCUT2D eigenvalue weighted by Crippen LogP contribution is 2.40. The van der Waals surface area contributed by atoms with Gasteiger partial charge in [0.1, 0.15) is 0 Å². The van der Waals surface area contributed by atoms with Crippen molar-refractivity contribution in [3.63, 3.8) is 0 Å². The standard InChI is InChI=1S/C14H19NO4/c1-17-12-6-9-4-5-10(8-15-14(16)19-3)11(9)7-13(12)18-2/h6-7,10H,4-5,8H2,1-3H3,(H,15,16). The maximum atomic E-state index is 11.1. The van der Waals surface area contributed by atoms with Gasteiger partial charge in [-0.05, 0) is 36.1 Å². The van der Waals surface area contributed by atoms with Gasteiger partial charge in [0.25, 0.3) is 0 Å². The van der Waals surface area contributed by atoms with Crippen molar-refractivity contribution in [2.75, 3.05) is 27.9 Å². The third kappa shape index (κ3) is 2.75. The van der Waals surface area contributed by atoms with Crippen LogP contribution < -0.4 is 14.8 Å². The molecule has 104 valence electrons. The third-order valence-electron chi connectivity index (χ3n) is 3.53. The molecule has 1 N–H and O–H groups in total. The number of fused-ring (bicyclic) bond motifs is 1. The highest BCUT2D eigenvalue weighted by molar-refractivity contribution is 5.67. The third-order valence-corrected chi connectivity index (χ3v) is 3.53. The summed E-state index contributed by atoms with van der Waals surface area (Å²) < 4.78 is 15.2. The van der Waals surface area contributed by atoms with Crippen LogP contribution in [0.25, 0.3) is 0 Å². The molecule has 0 spiro atoms. The van der Waals surface area contributed by atoms with Crippen molar-refractivity contribution in [3.8, 4) is 11.5 Å². The molecule has 1 aromatic carbocycles. The van der Waals surface area contributed by atoms with Crippen LogP contribution >= 0.6 is 0 Å². The SMILES string of the molecule is COC(=O)NCC1CCc2cc(OC)c(OC)cc21. The molecule has 5 nitrogen and oxygen atoms in total. The maximum Gasteiger partial charge on any atom is 0.406 e. The monoisotopic (exact) mass is 265 g/mol. The summed E-state index contributed by atoms with van der Waals surface area (Å²) in [5.41, 5.74) is 2.48. The number of hydrogen-bond acceptors (Lipinski definition) is 4. The Balaban J connectivity index is 2.17. The van der Waals surface area contributed by atoms with Gasteiger partial charge >= 0.3 is 6.09 Å². The van der Waals surface area contributed by atoms with Crippen LogP contribution in [0.2, 0.25) is 0 Å². The van der Waals surface area contributed by atoms with Gasteiger partial charge < -0.3 is 19.5 Å². The van der Waals surface area contributed by atoms with Crippen molar-refractivity contribution in [1.82, 2.24) is 5.32 Å². The average molecular weight is 265 g/mol. The van der Waals surface area contributed by atoms with Gasteiger partial charge in [-0.1, -0.05) is 0 Å². The molecule has 5 heteroatoms. The second-order valence-corrected chi connectivity index (χ2v) is 4.51. The van der Waals surface area contributed by atoms with Crippen LogP contribution in [0.5, 0.6) is 11.5 Å². The van der Waals surface area contributed by atoms with Crippen molar-refractivity contribution in [2.45, 2.75) is 18.8 Å². The molecule has 0 fully saturated rings. The van der Waals surface area contributed by atoms with Gasteiger partial charge in [-0.25, -0.2) is 4.79 Å². The van der Waals surface area contributed by atoms with Gasteiger partial charge in [0.05, 0.1) is 21.3 Å². The fourth-order valence-electron chi connectivity index (χ4n) is 2.51. The van der Waals surface area contributed by atoms with Gasteiger partial charge in [-0.2, -0.15) is 0 Å². The number of amides is 1. The van der Waals surface area contributed by atoms with Gasteiger partial charge in [-0.15, -0.1) is 0 Å². The van der Waals surface area contributed by atoms with Crippen molar-refractivity contribution in [2.24, 2.45) is 0 Å². The van der Waals surface area contributed by atoms with Crippen molar-refractivity contribution in [3.05, 3.63) is 23.3 Å². The molecule has 0 aliphatic heterocycles. The lowest BCUT2D eigenvalue weighted by molar-refractivity contribution is 0.170. The Morgan fingerprint density at radius 1 is 1.26 bits per heavy atom. The van der Waals surface area contributed by atoms with Crippen molar-refractivity contribution in [1.29, 1.82) is 0 Å². The Bertz CT molecular complexity index is 473. The summed E-state index contributed by atoms with van der Waals surface area (Å²) in [6, 6.07) is 4.02. The van der Waals surface area contributed by atoms with E-state index in [1.54, 1.807) is 14.2 Å². The number of carbonyl (C=O) groups is 1. The molecule has 0 radical (unpaired) electrons. The molecule has 1 amide bonds. The van der Waals surface area contributed by atoms with Crippen LogP contribution in [0, 0.1) is 0 Å². The molecule has 2 rings (SSSR count). The molecule has 1 unspecified atom stereocenters. The zero-order valence-electron chi connectivity index (χ0n) is 11.5. The van der Waals surface area contributed by atoms with E-state index in [4.69, 9.17) is 9.47 Å². The molecule has 0 saturated heterocycles. The molecule has 1 atom stereocenters. The molecule has 0 aromatic heterocycles. The number of methoxy groups -OCH3 is 3. The molecule has 0 saturated carbocycles. The van der Waals surface area contributed by atoms with E-state index in [9.17, 15) is 4.79 Å². The zero-order chi connectivity index (χ0) is 13.8. The zero-order valence-corrected chi connectivity index (χ0v) is 11.5. The summed E-state index contributed by atoms with van der Waals surface area (Å²) in [6.45, 7) is 0.579. The lowest BCUT2D eigenvalue weighted by Gasteiger charge is -2.15. The summed E-state index contributed by atoms with van der Waals surface area (Å²) in [7, 11) is 4.63. The van der Waals surface area contributed by atoms with Gasteiger partial charge in [0, 0.05) is 12.5 Å². The highest BCUT2D eigenvalue weighted by Gasteiger charge is 2.25. The van der Waals surface area contributed by atoms with Crippen LogP contribution in [0.15, 0.2) is 12.1 Å². The summed E-state index contributed by atoms with van der Waals surface area (Å²) >= 11 is 0. The number of aryl methyl sites for hydroxylation is 1. The van der Waals surface area contributed by atoms with E-state index in [-0.39, 0.29) is 0 Å². The number of ether oxygens (including phenoxy) is 3. The topological polar surface area (TPSA) is 56.8 Å². The van der Waals surface area contributed by atoms with E-state index < -0.39 is 6.09 Å². The number of benzene rings is 1. The van der Waals surface area contributed by atoms with Crippen molar-refractivity contribution >= 4 is 6.09 Å². The quantitative estimate of drug-likeness (QED) is 0.905. The number of rotatable bonds is 4. The molecular weight excluding hydrogens is 246 g/mol. The normalized spacial score (nSPS) is 16.7. The Kier molecular flexibility index (Phi) is 4.14. The summed E-state index contributed by atoms with van der Waals surface area (Å²) in [4.78, 5) is 11.1. The Hall–Kier alpha value is -1.91. The maximum absolute atomic E-state index is 11.1. The number of carbonyl (C=O) groups excluding carboxylic acids is 1. The first-order chi connectivity index (χ1) is 9.19. The van der Waals surface area contributed by atoms with Crippen LogP contribution in [0.1, 0.15) is 23.5 Å². The van der Waals surface area contributed by atoms with E-state index >= 15 is 0 Å². The summed E-state index contributed by atoms with van der Waals surface area (Å²) in [5, 5.41) is 2.75. The second kappa shape index (κ2) is 5.82. The van der Waals surface area contributed by atoms with Gasteiger partial charge in [0.2, 0.25) is 0 Å². The molecule has 0 bridgehead atoms. The second-order valence-electron chi connectivity index (χ2n) is 4.51. The average Bonchev–Trinajstić information content (AvgIpc) is 2.85. The minimum atomic E-state index is -0.395. The Morgan fingerprint density at radius 3 is 2.58 bits per heavy atom. The lowest BCUT2D eigenvalue weighted by atomic mass is 10.0. The van der Waals surface area contributed by atoms with E-state index in [1.807, 2.05) is 12.1 Å². The molecule has 1 aromatic rings. The smallest absolute Gasteiger partial charge is 0.406 e. The van der Waals surface area contributed by atoms with Gasteiger partial charge in [-0.3, -0.25) is 0 Å². The Labute approximate surface area is 112 Å². The van der Waals surface area contributed by atoms with Crippen LogP contribution in [0.4, 0.5) is 4.79 Å². The Morgan fingerprint density at radius 2 is 1.95 bits per heavy atom. The van der Waals surface area contributed by atoms with E-state index in [0.717, 1.165) is 24.3 Å². The van der Waals surface area contributed by atoms with Gasteiger partial charge in [0.15, 0.2) is 11.5 Å². The minimum absolute atomic E-state index is 0.300. The molecule has 0 heterocycles. The van der Waals surface area contributed by atoms with E-state index in [1.165, 1.54) is 18.2 Å². The fourth-order valence-corrected chi connectivity index (χ4v) is 2.51. The van der Waals surface area contributed by atoms with Crippen LogP contribution in [0.3, 0.4) is 0 Å². The fraction of sp³-hybridized carbons (Fsp3) is 0.500. The lowest BCUT2D eigenvalue weighted by Crippen LogP contribution is -2.27. The predicted octanol–water partition coefficient (Wildman–Crippen LogP) is 2.09. The number of nitrogens with one attached hydrogen (secondary N) is 1. The minimum Gasteiger partial charge on any atom is -0.493 e. The summed E-state index contributed by atoms with van der Waals surface area (Å²) in [5.74, 6) is 1.78. The van der Waals surface area contributed by atoms with Crippen molar-refractivity contribution < 1.29 is 19.0 Å². The first-order valence-electron chi connectivity index (χ1n) is 6.26. The van der Waals surface area contributed by atoms with E-state index in [0.29, 0.717) is 12.5 Å². The first kappa shape index (κ1) is 13.5.